The number of aliphatic hydroxyl groups excluding tert-OH is 1. The first-order valence-corrected chi connectivity index (χ1v) is 3.46. The Hall–Kier alpha value is -1.36. The first kappa shape index (κ1) is 7.30. The van der Waals surface area contributed by atoms with Gasteiger partial charge in [0, 0.05) is 6.08 Å². The monoisotopic (exact) mass is 169 g/mol. The van der Waals surface area contributed by atoms with E-state index in [-0.39, 0.29) is 5.76 Å². The summed E-state index contributed by atoms with van der Waals surface area (Å²) in [5.74, 6) is -0.0956. The fourth-order valence-electron chi connectivity index (χ4n) is 1.42. The average Bonchev–Trinajstić information content (AvgIpc) is 2.60. The van der Waals surface area contributed by atoms with Crippen molar-refractivity contribution in [2.24, 2.45) is 0 Å². The van der Waals surface area contributed by atoms with E-state index < -0.39 is 16.2 Å². The predicted molar refractivity (Wildman–Crippen MR) is 39.1 cm³/mol. The lowest BCUT2D eigenvalue weighted by atomic mass is 9.96. The number of nitro groups is 1. The number of nitrogens with zero attached hydrogens (tertiary/aromatic N) is 1. The largest absolute Gasteiger partial charge is 0.509 e. The van der Waals surface area contributed by atoms with Crippen molar-refractivity contribution in [1.82, 2.24) is 0 Å². The molecule has 1 aliphatic carbocycles. The third-order valence-corrected chi connectivity index (χ3v) is 2.34. The van der Waals surface area contributed by atoms with Gasteiger partial charge in [0.15, 0.2) is 0 Å². The zero-order chi connectivity index (χ0) is 8.98. The summed E-state index contributed by atoms with van der Waals surface area (Å²) in [6, 6.07) is 0. The molecule has 12 heavy (non-hydrogen) atoms. The van der Waals surface area contributed by atoms with Crippen LogP contribution in [0.1, 0.15) is 6.92 Å². The van der Waals surface area contributed by atoms with E-state index >= 15 is 0 Å². The predicted octanol–water partition coefficient (Wildman–Crippen LogP) is 0.760. The van der Waals surface area contributed by atoms with Crippen molar-refractivity contribution in [3.05, 3.63) is 34.1 Å². The van der Waals surface area contributed by atoms with Gasteiger partial charge in [-0.1, -0.05) is 6.08 Å². The second-order valence-electron chi connectivity index (χ2n) is 3.00. The van der Waals surface area contributed by atoms with Gasteiger partial charge in [-0.2, -0.15) is 0 Å². The van der Waals surface area contributed by atoms with E-state index in [4.69, 9.17) is 4.74 Å². The number of fused-ring (bicyclic) bond motifs is 1. The lowest BCUT2D eigenvalue weighted by Gasteiger charge is -2.08. The van der Waals surface area contributed by atoms with Crippen molar-refractivity contribution in [2.75, 3.05) is 0 Å². The number of epoxide rings is 1. The van der Waals surface area contributed by atoms with Crippen LogP contribution in [-0.4, -0.2) is 21.4 Å². The number of rotatable bonds is 1. The molecular weight excluding hydrogens is 162 g/mol. The Morgan fingerprint density at radius 1 is 1.75 bits per heavy atom. The van der Waals surface area contributed by atoms with Crippen LogP contribution in [-0.2, 0) is 4.74 Å². The van der Waals surface area contributed by atoms with E-state index in [0.29, 0.717) is 0 Å². The van der Waals surface area contributed by atoms with E-state index in [1.165, 1.54) is 25.2 Å². The molecular formula is C7H7NO4. The molecule has 64 valence electrons. The second-order valence-corrected chi connectivity index (χ2v) is 3.00. The Balaban J connectivity index is 2.45. The van der Waals surface area contributed by atoms with Crippen LogP contribution >= 0.6 is 0 Å². The molecule has 2 unspecified atom stereocenters. The number of aliphatic hydroxyl groups is 1. The van der Waals surface area contributed by atoms with Gasteiger partial charge in [0.2, 0.25) is 5.60 Å². The molecule has 1 fully saturated rings. The standard InChI is InChI=1S/C7H7NO4/c1-6-5(9)3-2-4-7(6,12-6)8(10)11/h2-4,9H,1H3. The zero-order valence-electron chi connectivity index (χ0n) is 6.35. The van der Waals surface area contributed by atoms with Crippen LogP contribution in [0.5, 0.6) is 0 Å². The van der Waals surface area contributed by atoms with Gasteiger partial charge >= 0.3 is 5.72 Å². The summed E-state index contributed by atoms with van der Waals surface area (Å²) in [5.41, 5.74) is -2.67. The van der Waals surface area contributed by atoms with Crippen molar-refractivity contribution >= 4 is 0 Å². The minimum absolute atomic E-state index is 0.0956. The Labute approximate surface area is 68.1 Å². The van der Waals surface area contributed by atoms with Crippen LogP contribution in [0, 0.1) is 10.1 Å². The van der Waals surface area contributed by atoms with E-state index in [1.807, 2.05) is 0 Å². The van der Waals surface area contributed by atoms with Crippen LogP contribution in [0.2, 0.25) is 0 Å². The molecule has 0 amide bonds. The van der Waals surface area contributed by atoms with Crippen molar-refractivity contribution in [3.8, 4) is 0 Å². The molecule has 0 spiro atoms. The first-order chi connectivity index (χ1) is 5.53. The average molecular weight is 169 g/mol. The van der Waals surface area contributed by atoms with E-state index in [2.05, 4.69) is 0 Å². The minimum atomic E-state index is -1.52. The van der Waals surface area contributed by atoms with Crippen LogP contribution in [0.25, 0.3) is 0 Å². The maximum absolute atomic E-state index is 10.6. The summed E-state index contributed by atoms with van der Waals surface area (Å²) >= 11 is 0. The summed E-state index contributed by atoms with van der Waals surface area (Å²) < 4.78 is 4.92. The quantitative estimate of drug-likeness (QED) is 0.357. The van der Waals surface area contributed by atoms with Gasteiger partial charge in [-0.15, -0.1) is 0 Å². The van der Waals surface area contributed by atoms with Gasteiger partial charge in [-0.05, 0) is 13.0 Å². The summed E-state index contributed by atoms with van der Waals surface area (Å²) in [4.78, 5) is 10.0. The molecule has 0 saturated carbocycles. The van der Waals surface area contributed by atoms with E-state index in [9.17, 15) is 15.2 Å². The molecule has 0 aromatic carbocycles. The molecule has 5 heteroatoms. The summed E-state index contributed by atoms with van der Waals surface area (Å²) in [7, 11) is 0. The summed E-state index contributed by atoms with van der Waals surface area (Å²) in [6.07, 6.45) is 4.16. The van der Waals surface area contributed by atoms with Gasteiger partial charge < -0.3 is 5.11 Å². The topological polar surface area (TPSA) is 75.9 Å². The van der Waals surface area contributed by atoms with E-state index in [0.717, 1.165) is 0 Å². The molecule has 1 aliphatic heterocycles. The van der Waals surface area contributed by atoms with Gasteiger partial charge in [-0.25, -0.2) is 0 Å². The molecule has 5 nitrogen and oxygen atoms in total. The van der Waals surface area contributed by atoms with Crippen molar-refractivity contribution < 1.29 is 14.8 Å². The molecule has 1 N–H and O–H groups in total. The second kappa shape index (κ2) is 1.69. The summed E-state index contributed by atoms with van der Waals surface area (Å²) in [5, 5.41) is 19.8. The molecule has 0 bridgehead atoms. The van der Waals surface area contributed by atoms with Crippen LogP contribution in [0.3, 0.4) is 0 Å². The number of ether oxygens (including phenoxy) is 1. The zero-order valence-corrected chi connectivity index (χ0v) is 6.35. The fraction of sp³-hybridized carbons (Fsp3) is 0.429. The van der Waals surface area contributed by atoms with Crippen molar-refractivity contribution in [2.45, 2.75) is 18.2 Å². The Kier molecular flexibility index (Phi) is 1.03. The molecule has 2 rings (SSSR count). The van der Waals surface area contributed by atoms with Crippen LogP contribution < -0.4 is 0 Å². The highest BCUT2D eigenvalue weighted by atomic mass is 16.8. The van der Waals surface area contributed by atoms with Crippen LogP contribution in [0.15, 0.2) is 24.0 Å². The molecule has 0 aromatic rings. The maximum atomic E-state index is 10.6. The Bertz CT molecular complexity index is 321. The smallest absolute Gasteiger partial charge is 0.382 e. The SMILES string of the molecule is CC12OC1([N+](=O)[O-])C=CC=C2O. The van der Waals surface area contributed by atoms with Crippen molar-refractivity contribution in [1.29, 1.82) is 0 Å². The van der Waals surface area contributed by atoms with Gasteiger partial charge in [0.25, 0.3) is 0 Å². The fourth-order valence-corrected chi connectivity index (χ4v) is 1.42. The molecule has 1 heterocycles. The van der Waals surface area contributed by atoms with Gasteiger partial charge in [-0.3, -0.25) is 14.9 Å². The van der Waals surface area contributed by atoms with E-state index in [1.54, 1.807) is 0 Å². The highest BCUT2D eigenvalue weighted by Gasteiger charge is 2.80. The number of allylic oxidation sites excluding steroid dienone is 2. The lowest BCUT2D eigenvalue weighted by molar-refractivity contribution is -0.549. The first-order valence-electron chi connectivity index (χ1n) is 3.46. The molecule has 0 aromatic heterocycles. The maximum Gasteiger partial charge on any atom is 0.382 e. The molecule has 2 aliphatic rings. The lowest BCUT2D eigenvalue weighted by Crippen LogP contribution is -2.32. The molecule has 1 saturated heterocycles. The number of hydrogen-bond acceptors (Lipinski definition) is 4. The normalized spacial score (nSPS) is 43.2. The Morgan fingerprint density at radius 2 is 2.42 bits per heavy atom. The third-order valence-electron chi connectivity index (χ3n) is 2.34. The Morgan fingerprint density at radius 3 is 2.92 bits per heavy atom. The van der Waals surface area contributed by atoms with Crippen LogP contribution in [0.4, 0.5) is 0 Å². The highest BCUT2D eigenvalue weighted by Crippen LogP contribution is 2.54. The summed E-state index contributed by atoms with van der Waals surface area (Å²) in [6.45, 7) is 1.49. The van der Waals surface area contributed by atoms with Crippen molar-refractivity contribution in [3.63, 3.8) is 0 Å². The number of hydrogen-bond donors (Lipinski definition) is 1. The molecule has 0 radical (unpaired) electrons. The minimum Gasteiger partial charge on any atom is -0.509 e. The van der Waals surface area contributed by atoms with Gasteiger partial charge in [0.1, 0.15) is 5.76 Å². The van der Waals surface area contributed by atoms with Gasteiger partial charge in [0.05, 0.1) is 4.92 Å². The molecule has 2 atom stereocenters. The highest BCUT2D eigenvalue weighted by molar-refractivity contribution is 5.37. The third kappa shape index (κ3) is 0.537.